The molecule has 0 bridgehead atoms. The summed E-state index contributed by atoms with van der Waals surface area (Å²) < 4.78 is 6.14. The van der Waals surface area contributed by atoms with E-state index in [1.54, 1.807) is 31.6 Å². The Kier molecular flexibility index (Phi) is 7.21. The zero-order valence-electron chi connectivity index (χ0n) is 20.2. The number of aryl methyl sites for hydroxylation is 3. The van der Waals surface area contributed by atoms with E-state index in [-0.39, 0.29) is 6.03 Å². The van der Waals surface area contributed by atoms with Crippen LogP contribution < -0.4 is 20.7 Å². The van der Waals surface area contributed by atoms with Crippen molar-refractivity contribution in [1.29, 1.82) is 0 Å². The summed E-state index contributed by atoms with van der Waals surface area (Å²) in [5.74, 6) is 1.57. The number of carbonyl (C=O) groups is 1. The second-order valence-corrected chi connectivity index (χ2v) is 8.03. The number of hydrogen-bond acceptors (Lipinski definition) is 6. The van der Waals surface area contributed by atoms with Crippen LogP contribution >= 0.6 is 0 Å². The molecule has 0 aliphatic carbocycles. The number of hydrogen-bond donors (Lipinski definition) is 3. The van der Waals surface area contributed by atoms with Crippen LogP contribution in [-0.2, 0) is 6.42 Å². The smallest absolute Gasteiger partial charge is 0.323 e. The van der Waals surface area contributed by atoms with Crippen LogP contribution in [0.25, 0.3) is 11.3 Å². The minimum absolute atomic E-state index is 0.305. The summed E-state index contributed by atoms with van der Waals surface area (Å²) in [6.07, 6.45) is 4.26. The van der Waals surface area contributed by atoms with E-state index < -0.39 is 0 Å². The number of aromatic nitrogens is 3. The van der Waals surface area contributed by atoms with Crippen LogP contribution in [0.5, 0.6) is 11.6 Å². The zero-order chi connectivity index (χ0) is 24.8. The summed E-state index contributed by atoms with van der Waals surface area (Å²) in [6, 6.07) is 16.6. The van der Waals surface area contributed by atoms with Gasteiger partial charge < -0.3 is 20.7 Å². The van der Waals surface area contributed by atoms with Crippen LogP contribution in [0.3, 0.4) is 0 Å². The fourth-order valence-corrected chi connectivity index (χ4v) is 3.67. The summed E-state index contributed by atoms with van der Waals surface area (Å²) in [6.45, 7) is 6.08. The number of anilines is 3. The van der Waals surface area contributed by atoms with Gasteiger partial charge in [-0.2, -0.15) is 0 Å². The van der Waals surface area contributed by atoms with Crippen molar-refractivity contribution >= 4 is 23.4 Å². The molecule has 4 rings (SSSR count). The number of ether oxygens (including phenoxy) is 1. The highest BCUT2D eigenvalue weighted by Gasteiger charge is 2.13. The lowest BCUT2D eigenvalue weighted by Crippen LogP contribution is -2.19. The first-order valence-electron chi connectivity index (χ1n) is 11.4. The van der Waals surface area contributed by atoms with Gasteiger partial charge in [-0.15, -0.1) is 0 Å². The number of nitrogens with one attached hydrogen (secondary N) is 3. The van der Waals surface area contributed by atoms with Crippen LogP contribution in [0.1, 0.15) is 23.6 Å². The van der Waals surface area contributed by atoms with Crippen molar-refractivity contribution in [2.24, 2.45) is 0 Å². The monoisotopic (exact) mass is 468 g/mol. The maximum Gasteiger partial charge on any atom is 0.323 e. The van der Waals surface area contributed by atoms with Crippen LogP contribution in [0.15, 0.2) is 67.0 Å². The van der Waals surface area contributed by atoms with Crippen molar-refractivity contribution in [1.82, 2.24) is 15.0 Å². The predicted molar refractivity (Wildman–Crippen MR) is 139 cm³/mol. The van der Waals surface area contributed by atoms with Gasteiger partial charge in [0.25, 0.3) is 0 Å². The first-order chi connectivity index (χ1) is 17.0. The fraction of sp³-hybridized carbons (Fsp3) is 0.185. The molecule has 35 heavy (non-hydrogen) atoms. The quantitative estimate of drug-likeness (QED) is 0.299. The minimum atomic E-state index is -0.305. The first-order valence-corrected chi connectivity index (χ1v) is 11.4. The number of benzene rings is 2. The summed E-state index contributed by atoms with van der Waals surface area (Å²) in [4.78, 5) is 25.6. The molecule has 2 amide bonds. The molecule has 0 saturated carbocycles. The summed E-state index contributed by atoms with van der Waals surface area (Å²) in [7, 11) is 1.77. The van der Waals surface area contributed by atoms with Crippen LogP contribution in [0, 0.1) is 13.8 Å². The second kappa shape index (κ2) is 10.6. The highest BCUT2D eigenvalue weighted by molar-refractivity contribution is 5.99. The van der Waals surface area contributed by atoms with Crippen molar-refractivity contribution in [2.75, 3.05) is 23.0 Å². The molecule has 2 aromatic carbocycles. The number of carbonyl (C=O) groups excluding carboxylic acids is 1. The molecule has 0 fully saturated rings. The van der Waals surface area contributed by atoms with E-state index in [2.05, 4.69) is 44.7 Å². The van der Waals surface area contributed by atoms with E-state index in [9.17, 15) is 4.79 Å². The summed E-state index contributed by atoms with van der Waals surface area (Å²) >= 11 is 0. The molecule has 0 radical (unpaired) electrons. The zero-order valence-corrected chi connectivity index (χ0v) is 20.2. The molecule has 8 nitrogen and oxygen atoms in total. The Balaban J connectivity index is 1.48. The lowest BCUT2D eigenvalue weighted by Gasteiger charge is -2.14. The number of urea groups is 1. The van der Waals surface area contributed by atoms with Gasteiger partial charge >= 0.3 is 6.03 Å². The Morgan fingerprint density at radius 2 is 1.69 bits per heavy atom. The number of pyridine rings is 1. The van der Waals surface area contributed by atoms with Crippen molar-refractivity contribution < 1.29 is 9.53 Å². The summed E-state index contributed by atoms with van der Waals surface area (Å²) in [5, 5.41) is 8.71. The third kappa shape index (κ3) is 5.73. The highest BCUT2D eigenvalue weighted by atomic mass is 16.5. The van der Waals surface area contributed by atoms with Crippen LogP contribution in [0.4, 0.5) is 22.1 Å². The SMILES string of the molecule is CCc1cc(NC(=O)Nc2ccc(Oc3ncccc3-c3ccnc(NC)n3)c(C)c2)ccc1C. The molecule has 3 N–H and O–H groups in total. The topological polar surface area (TPSA) is 101 Å². The van der Waals surface area contributed by atoms with Gasteiger partial charge in [-0.25, -0.2) is 19.7 Å². The molecule has 0 aliphatic heterocycles. The minimum Gasteiger partial charge on any atom is -0.438 e. The lowest BCUT2D eigenvalue weighted by molar-refractivity contribution is 0.262. The molecule has 8 heteroatoms. The molecule has 0 atom stereocenters. The second-order valence-electron chi connectivity index (χ2n) is 8.03. The van der Waals surface area contributed by atoms with Gasteiger partial charge in [0.15, 0.2) is 0 Å². The van der Waals surface area contributed by atoms with Gasteiger partial charge in [-0.3, -0.25) is 0 Å². The van der Waals surface area contributed by atoms with Gasteiger partial charge in [0.1, 0.15) is 5.75 Å². The number of rotatable bonds is 7. The lowest BCUT2D eigenvalue weighted by atomic mass is 10.1. The molecule has 178 valence electrons. The number of nitrogens with zero attached hydrogens (tertiary/aromatic N) is 3. The van der Waals surface area contributed by atoms with E-state index >= 15 is 0 Å². The van der Waals surface area contributed by atoms with E-state index in [1.807, 2.05) is 49.4 Å². The van der Waals surface area contributed by atoms with Crippen molar-refractivity contribution in [2.45, 2.75) is 27.2 Å². The van der Waals surface area contributed by atoms with Crippen molar-refractivity contribution in [3.63, 3.8) is 0 Å². The van der Waals surface area contributed by atoms with Gasteiger partial charge in [-0.1, -0.05) is 13.0 Å². The van der Waals surface area contributed by atoms with Gasteiger partial charge in [-0.05, 0) is 85.5 Å². The van der Waals surface area contributed by atoms with E-state index in [4.69, 9.17) is 4.74 Å². The average molecular weight is 469 g/mol. The molecule has 0 aliphatic rings. The Bertz CT molecular complexity index is 1360. The molecule has 0 saturated heterocycles. The van der Waals surface area contributed by atoms with Crippen LogP contribution in [-0.4, -0.2) is 28.0 Å². The molecule has 2 heterocycles. The molecular formula is C27H28N6O2. The standard InChI is InChI=1S/C27H28N6O2/c1-5-19-16-21(9-8-17(19)2)32-27(34)31-20-10-11-24(18(3)15-20)35-25-22(7-6-13-29-25)23-12-14-30-26(28-4)33-23/h6-16H,5H2,1-4H3,(H,28,30,33)(H2,31,32,34). The maximum absolute atomic E-state index is 12.5. The predicted octanol–water partition coefficient (Wildman–Crippen LogP) is 6.20. The largest absolute Gasteiger partial charge is 0.438 e. The Morgan fingerprint density at radius 3 is 2.43 bits per heavy atom. The maximum atomic E-state index is 12.5. The molecular weight excluding hydrogens is 440 g/mol. The van der Waals surface area contributed by atoms with Gasteiger partial charge in [0, 0.05) is 30.8 Å². The molecule has 0 unspecified atom stereocenters. The van der Waals surface area contributed by atoms with E-state index in [1.165, 1.54) is 11.1 Å². The highest BCUT2D eigenvalue weighted by Crippen LogP contribution is 2.33. The van der Waals surface area contributed by atoms with Crippen molar-refractivity contribution in [3.8, 4) is 22.9 Å². The van der Waals surface area contributed by atoms with E-state index in [0.717, 1.165) is 23.2 Å². The Morgan fingerprint density at radius 1 is 0.914 bits per heavy atom. The van der Waals surface area contributed by atoms with Crippen molar-refractivity contribution in [3.05, 3.63) is 83.7 Å². The third-order valence-electron chi connectivity index (χ3n) is 5.55. The normalized spacial score (nSPS) is 10.5. The Labute approximate surface area is 204 Å². The van der Waals surface area contributed by atoms with Gasteiger partial charge in [0.2, 0.25) is 11.8 Å². The fourth-order valence-electron chi connectivity index (χ4n) is 3.67. The summed E-state index contributed by atoms with van der Waals surface area (Å²) in [5.41, 5.74) is 6.13. The molecule has 4 aromatic rings. The van der Waals surface area contributed by atoms with Crippen LogP contribution in [0.2, 0.25) is 0 Å². The molecule has 0 spiro atoms. The third-order valence-corrected chi connectivity index (χ3v) is 5.55. The Hall–Kier alpha value is -4.46. The number of amides is 2. The first kappa shape index (κ1) is 23.7. The van der Waals surface area contributed by atoms with E-state index in [0.29, 0.717) is 29.0 Å². The average Bonchev–Trinajstić information content (AvgIpc) is 2.87. The molecule has 2 aromatic heterocycles. The van der Waals surface area contributed by atoms with Gasteiger partial charge in [0.05, 0.1) is 11.3 Å².